The van der Waals surface area contributed by atoms with Gasteiger partial charge in [-0.05, 0) is 83.6 Å². The van der Waals surface area contributed by atoms with Gasteiger partial charge in [-0.15, -0.1) is 0 Å². The Morgan fingerprint density at radius 1 is 1.08 bits per heavy atom. The molecular formula is C40H53N5O7S. The van der Waals surface area contributed by atoms with Crippen LogP contribution in [0.25, 0.3) is 10.9 Å². The number of ketones is 1. The van der Waals surface area contributed by atoms with Crippen LogP contribution in [0.4, 0.5) is 4.79 Å². The lowest BCUT2D eigenvalue weighted by Crippen LogP contribution is -2.54. The van der Waals surface area contributed by atoms with Gasteiger partial charge < -0.3 is 20.3 Å². The first-order valence-electron chi connectivity index (χ1n) is 19.5. The second-order valence-electron chi connectivity index (χ2n) is 16.4. The van der Waals surface area contributed by atoms with E-state index in [2.05, 4.69) is 15.4 Å². The van der Waals surface area contributed by atoms with E-state index in [1.165, 1.54) is 0 Å². The number of nitrogens with zero attached hydrogens (tertiary/aromatic N) is 2. The summed E-state index contributed by atoms with van der Waals surface area (Å²) < 4.78 is 34.7. The minimum absolute atomic E-state index is 0.138. The number of Topliss-reactive ketones (excluding diaryl/α,β-unsaturated/α-hetero) is 1. The summed E-state index contributed by atoms with van der Waals surface area (Å²) in [5.41, 5.74) is 0.551. The van der Waals surface area contributed by atoms with Crippen LogP contribution in [0.15, 0.2) is 36.4 Å². The molecule has 13 heteroatoms. The quantitative estimate of drug-likeness (QED) is 0.258. The van der Waals surface area contributed by atoms with Gasteiger partial charge >= 0.3 is 6.03 Å². The molecule has 5 atom stereocenters. The van der Waals surface area contributed by atoms with Crippen molar-refractivity contribution in [1.29, 1.82) is 0 Å². The molecule has 2 aliphatic carbocycles. The molecule has 3 aliphatic heterocycles. The molecule has 53 heavy (non-hydrogen) atoms. The highest BCUT2D eigenvalue weighted by Gasteiger charge is 2.63. The van der Waals surface area contributed by atoms with Crippen LogP contribution in [0.2, 0.25) is 0 Å². The van der Waals surface area contributed by atoms with Crippen molar-refractivity contribution in [2.45, 2.75) is 133 Å². The van der Waals surface area contributed by atoms with E-state index in [0.29, 0.717) is 57.2 Å². The van der Waals surface area contributed by atoms with E-state index in [0.717, 1.165) is 54.3 Å². The van der Waals surface area contributed by atoms with E-state index in [1.54, 1.807) is 11.8 Å². The molecule has 286 valence electrons. The van der Waals surface area contributed by atoms with Gasteiger partial charge in [-0.2, -0.15) is 0 Å². The number of hydrogen-bond donors (Lipinski definition) is 3. The maximum atomic E-state index is 14.7. The lowest BCUT2D eigenvalue weighted by molar-refractivity contribution is -0.140. The molecule has 3 N–H and O–H groups in total. The topological polar surface area (TPSA) is 164 Å². The molecule has 3 fully saturated rings. The molecule has 7 rings (SSSR count). The van der Waals surface area contributed by atoms with Crippen molar-refractivity contribution in [3.8, 4) is 5.75 Å². The maximum absolute atomic E-state index is 14.7. The number of para-hydroxylation sites is 1. The Hall–Kier alpha value is -4.00. The smallest absolute Gasteiger partial charge is 0.315 e. The van der Waals surface area contributed by atoms with Crippen molar-refractivity contribution in [2.24, 2.45) is 11.3 Å². The second-order valence-corrected chi connectivity index (χ2v) is 18.6. The first kappa shape index (κ1) is 37.3. The molecule has 12 nitrogen and oxygen atoms in total. The molecule has 1 spiro atoms. The molecule has 0 unspecified atom stereocenters. The summed E-state index contributed by atoms with van der Waals surface area (Å²) in [6.07, 6.45) is 11.8. The average molecular weight is 748 g/mol. The van der Waals surface area contributed by atoms with E-state index >= 15 is 0 Å². The van der Waals surface area contributed by atoms with Crippen LogP contribution >= 0.6 is 0 Å². The van der Waals surface area contributed by atoms with Gasteiger partial charge in [-0.25, -0.2) is 18.2 Å². The fourth-order valence-electron chi connectivity index (χ4n) is 8.57. The van der Waals surface area contributed by atoms with Crippen LogP contribution < -0.4 is 20.1 Å². The van der Waals surface area contributed by atoms with E-state index in [9.17, 15) is 27.6 Å². The average Bonchev–Trinajstić information content (AvgIpc) is 4.02. The normalized spacial score (nSPS) is 30.2. The van der Waals surface area contributed by atoms with Crippen LogP contribution in [0.5, 0.6) is 5.75 Å². The summed E-state index contributed by atoms with van der Waals surface area (Å²) >= 11 is 0. The summed E-state index contributed by atoms with van der Waals surface area (Å²) in [6, 6.07) is 5.73. The minimum Gasteiger partial charge on any atom is -0.483 e. The number of pyridine rings is 1. The predicted molar refractivity (Wildman–Crippen MR) is 201 cm³/mol. The predicted octanol–water partition coefficient (Wildman–Crippen LogP) is 5.16. The third kappa shape index (κ3) is 7.29. The largest absolute Gasteiger partial charge is 0.483 e. The Morgan fingerprint density at radius 2 is 1.87 bits per heavy atom. The number of fused-ring (bicyclic) bond motifs is 5. The maximum Gasteiger partial charge on any atom is 0.315 e. The van der Waals surface area contributed by atoms with Crippen LogP contribution in [0.3, 0.4) is 0 Å². The van der Waals surface area contributed by atoms with Gasteiger partial charge in [0.2, 0.25) is 21.8 Å². The Bertz CT molecular complexity index is 1940. The van der Waals surface area contributed by atoms with Crippen molar-refractivity contribution in [1.82, 2.24) is 25.2 Å². The summed E-state index contributed by atoms with van der Waals surface area (Å²) in [6.45, 7) is 6.20. The monoisotopic (exact) mass is 747 g/mol. The molecule has 1 aromatic carbocycles. The lowest BCUT2D eigenvalue weighted by atomic mass is 9.85. The molecule has 0 radical (unpaired) electrons. The number of ether oxygens (including phenoxy) is 1. The number of allylic oxidation sites excluding steroid dienone is 2. The molecule has 1 saturated heterocycles. The number of sulfonamides is 1. The van der Waals surface area contributed by atoms with Crippen LogP contribution in [-0.2, 0) is 30.8 Å². The van der Waals surface area contributed by atoms with Crippen LogP contribution in [0.1, 0.15) is 109 Å². The van der Waals surface area contributed by atoms with Gasteiger partial charge in [0.1, 0.15) is 17.4 Å². The van der Waals surface area contributed by atoms with E-state index in [1.807, 2.05) is 50.3 Å². The van der Waals surface area contributed by atoms with Gasteiger partial charge in [0, 0.05) is 30.3 Å². The number of amides is 4. The number of hydrogen-bond acceptors (Lipinski definition) is 8. The summed E-state index contributed by atoms with van der Waals surface area (Å²) in [4.78, 5) is 62.8. The molecule has 1 aromatic heterocycles. The number of nitrogens with one attached hydrogen (secondary N) is 3. The zero-order chi connectivity index (χ0) is 37.6. The van der Waals surface area contributed by atoms with Gasteiger partial charge in [-0.1, -0.05) is 56.5 Å². The van der Waals surface area contributed by atoms with Crippen LogP contribution in [-0.4, -0.2) is 77.5 Å². The standard InChI is InChI=1S/C40H53N5O7S/c1-4-5-21-41-37(49)43-31-16-10-8-6-7-9-13-27-22-40(27,36(48)44-53(50,51)38(3)19-20-38)24-33(46)32-23-39(25-45(32)35(31)47)18-17-29-28-14-11-12-15-30(28)42-26(2)34(29)52-39/h9,11-15,27,31-32H,4-8,10,16-25H2,1-3H3,(H,44,48)(H2,41,43,49)/b13-9-/t27-,31+,32+,39-,40-/m1/s1. The van der Waals surface area contributed by atoms with Gasteiger partial charge in [-0.3, -0.25) is 19.1 Å². The highest BCUT2D eigenvalue weighted by Crippen LogP contribution is 2.58. The molecule has 4 amide bonds. The number of benzene rings is 1. The first-order chi connectivity index (χ1) is 25.3. The Balaban J connectivity index is 1.22. The van der Waals surface area contributed by atoms with Crippen molar-refractivity contribution in [3.05, 3.63) is 47.7 Å². The number of urea groups is 1. The zero-order valence-electron chi connectivity index (χ0n) is 31.2. The number of unbranched alkanes of at least 4 members (excludes halogenated alkanes) is 1. The third-order valence-corrected chi connectivity index (χ3v) is 14.5. The summed E-state index contributed by atoms with van der Waals surface area (Å²) in [5.74, 6) is -0.927. The zero-order valence-corrected chi connectivity index (χ0v) is 32.0. The van der Waals surface area contributed by atoms with Gasteiger partial charge in [0.25, 0.3) is 0 Å². The molecule has 5 aliphatic rings. The number of aryl methyl sites for hydroxylation is 2. The number of carbonyl (C=O) groups excluding carboxylic acids is 4. The molecule has 2 saturated carbocycles. The fourth-order valence-corrected chi connectivity index (χ4v) is 9.90. The SMILES string of the molecule is CCCCNC(=O)N[C@H]1CCCCC/C=C\[C@@H]2C[C@@]2(C(=O)NS(=O)(=O)C2(C)CC2)CC(=O)[C@@H]2C[C@]3(CCc4c(c(C)nc5ccccc45)O3)CN2C1=O. The Labute approximate surface area is 312 Å². The highest BCUT2D eigenvalue weighted by molar-refractivity contribution is 7.91. The molecule has 2 aromatic rings. The number of aromatic nitrogens is 1. The van der Waals surface area contributed by atoms with Crippen molar-refractivity contribution in [3.63, 3.8) is 0 Å². The third-order valence-electron chi connectivity index (χ3n) is 12.4. The van der Waals surface area contributed by atoms with Crippen molar-refractivity contribution in [2.75, 3.05) is 13.1 Å². The van der Waals surface area contributed by atoms with Crippen LogP contribution in [0, 0.1) is 18.3 Å². The molecule has 0 bridgehead atoms. The van der Waals surface area contributed by atoms with E-state index in [-0.39, 0.29) is 37.0 Å². The Morgan fingerprint density at radius 3 is 2.64 bits per heavy atom. The van der Waals surface area contributed by atoms with E-state index < -0.39 is 49.8 Å². The van der Waals surface area contributed by atoms with Crippen molar-refractivity contribution < 1.29 is 32.3 Å². The number of carbonyl (C=O) groups is 4. The Kier molecular flexibility index (Phi) is 10.1. The van der Waals surface area contributed by atoms with Crippen molar-refractivity contribution >= 4 is 44.6 Å². The lowest BCUT2D eigenvalue weighted by Gasteiger charge is -2.36. The summed E-state index contributed by atoms with van der Waals surface area (Å²) in [7, 11) is -3.93. The summed E-state index contributed by atoms with van der Waals surface area (Å²) in [5, 5.41) is 6.80. The number of rotatable bonds is 7. The minimum atomic E-state index is -3.93. The molecule has 4 heterocycles. The van der Waals surface area contributed by atoms with Gasteiger partial charge in [0.15, 0.2) is 5.78 Å². The highest BCUT2D eigenvalue weighted by atomic mass is 32.2. The van der Waals surface area contributed by atoms with E-state index in [4.69, 9.17) is 9.72 Å². The second kappa shape index (κ2) is 14.3. The van der Waals surface area contributed by atoms with Gasteiger partial charge in [0.05, 0.1) is 34.0 Å². The fraction of sp³-hybridized carbons (Fsp3) is 0.625. The molecular weight excluding hydrogens is 695 g/mol. The first-order valence-corrected chi connectivity index (χ1v) is 21.0.